The molecule has 0 saturated carbocycles. The fourth-order valence-electron chi connectivity index (χ4n) is 1.45. The molecule has 0 saturated heterocycles. The Morgan fingerprint density at radius 2 is 1.50 bits per heavy atom. The summed E-state index contributed by atoms with van der Waals surface area (Å²) in [4.78, 5) is 24.0. The zero-order valence-electron chi connectivity index (χ0n) is 10.3. The molecular formula is C10H17N3O2S. The molecule has 1 heterocycles. The highest BCUT2D eigenvalue weighted by molar-refractivity contribution is 7.71. The van der Waals surface area contributed by atoms with Crippen LogP contribution in [0.4, 0.5) is 0 Å². The summed E-state index contributed by atoms with van der Waals surface area (Å²) >= 11 is 5.00. The molecule has 0 bridgehead atoms. The third kappa shape index (κ3) is 1.77. The first-order valence-corrected chi connectivity index (χ1v) is 5.54. The van der Waals surface area contributed by atoms with Crippen molar-refractivity contribution in [3.63, 3.8) is 0 Å². The van der Waals surface area contributed by atoms with Gasteiger partial charge in [0.2, 0.25) is 0 Å². The van der Waals surface area contributed by atoms with E-state index in [9.17, 15) is 9.59 Å². The first-order chi connectivity index (χ1) is 7.24. The predicted octanol–water partition coefficient (Wildman–Crippen LogP) is 0.760. The number of nitrogens with zero attached hydrogens (tertiary/aromatic N) is 3. The molecule has 0 radical (unpaired) electrons. The minimum Gasteiger partial charge on any atom is -0.273 e. The lowest BCUT2D eigenvalue weighted by atomic mass is 10.0. The van der Waals surface area contributed by atoms with Crippen molar-refractivity contribution in [2.75, 3.05) is 0 Å². The lowest BCUT2D eigenvalue weighted by Crippen LogP contribution is -2.51. The summed E-state index contributed by atoms with van der Waals surface area (Å²) in [6, 6.07) is 0. The summed E-state index contributed by atoms with van der Waals surface area (Å²) in [5.74, 6) is 0. The quantitative estimate of drug-likeness (QED) is 0.721. The van der Waals surface area contributed by atoms with Gasteiger partial charge in [-0.25, -0.2) is 14.2 Å². The van der Waals surface area contributed by atoms with E-state index in [1.54, 1.807) is 14.1 Å². The van der Waals surface area contributed by atoms with Crippen LogP contribution in [0.3, 0.4) is 0 Å². The first kappa shape index (κ1) is 12.9. The van der Waals surface area contributed by atoms with Gasteiger partial charge in [-0.15, -0.1) is 0 Å². The largest absolute Gasteiger partial charge is 0.334 e. The Morgan fingerprint density at radius 1 is 1.12 bits per heavy atom. The Kier molecular flexibility index (Phi) is 3.23. The molecule has 1 aromatic rings. The van der Waals surface area contributed by atoms with Gasteiger partial charge in [0, 0.05) is 19.6 Å². The van der Waals surface area contributed by atoms with Crippen LogP contribution in [0.1, 0.15) is 27.2 Å². The molecule has 1 aromatic heterocycles. The van der Waals surface area contributed by atoms with Crippen molar-refractivity contribution in [1.29, 1.82) is 0 Å². The highest BCUT2D eigenvalue weighted by Crippen LogP contribution is 2.14. The minimum absolute atomic E-state index is 0.234. The van der Waals surface area contributed by atoms with E-state index in [1.165, 1.54) is 13.7 Å². The standard InChI is InChI=1S/C10H17N3O2S/c1-6-10(2,3)13-7(14)11(4)9(16)12(5)8(13)15/h6H2,1-5H3. The fraction of sp³-hybridized carbons (Fsp3) is 0.700. The predicted molar refractivity (Wildman–Crippen MR) is 65.4 cm³/mol. The fourth-order valence-corrected chi connectivity index (χ4v) is 1.60. The number of hydrogen-bond donors (Lipinski definition) is 0. The molecule has 0 unspecified atom stereocenters. The van der Waals surface area contributed by atoms with Crippen molar-refractivity contribution in [2.24, 2.45) is 14.1 Å². The second kappa shape index (κ2) is 4.01. The van der Waals surface area contributed by atoms with Crippen molar-refractivity contribution < 1.29 is 0 Å². The van der Waals surface area contributed by atoms with Gasteiger partial charge >= 0.3 is 11.4 Å². The zero-order valence-corrected chi connectivity index (χ0v) is 11.1. The molecule has 6 heteroatoms. The van der Waals surface area contributed by atoms with Gasteiger partial charge in [0.25, 0.3) is 0 Å². The molecule has 16 heavy (non-hydrogen) atoms. The third-order valence-electron chi connectivity index (χ3n) is 3.00. The van der Waals surface area contributed by atoms with Gasteiger partial charge in [-0.3, -0.25) is 9.13 Å². The Bertz CT molecular complexity index is 537. The Balaban J connectivity index is 3.87. The van der Waals surface area contributed by atoms with Crippen LogP contribution < -0.4 is 11.4 Å². The van der Waals surface area contributed by atoms with E-state index < -0.39 is 5.54 Å². The maximum Gasteiger partial charge on any atom is 0.334 e. The monoisotopic (exact) mass is 243 g/mol. The topological polar surface area (TPSA) is 48.9 Å². The molecule has 0 amide bonds. The SMILES string of the molecule is CCC(C)(C)n1c(=O)n(C)c(=S)n(C)c1=O. The van der Waals surface area contributed by atoms with Gasteiger partial charge in [-0.05, 0) is 32.5 Å². The second-order valence-electron chi connectivity index (χ2n) is 4.47. The van der Waals surface area contributed by atoms with E-state index in [2.05, 4.69) is 0 Å². The molecule has 90 valence electrons. The van der Waals surface area contributed by atoms with Crippen LogP contribution in [0.5, 0.6) is 0 Å². The molecule has 0 aliphatic rings. The Labute approximate surface area is 99.0 Å². The third-order valence-corrected chi connectivity index (χ3v) is 3.55. The van der Waals surface area contributed by atoms with E-state index in [0.29, 0.717) is 6.42 Å². The lowest BCUT2D eigenvalue weighted by molar-refractivity contribution is 0.295. The van der Waals surface area contributed by atoms with Crippen LogP contribution in [0, 0.1) is 4.77 Å². The van der Waals surface area contributed by atoms with Crippen LogP contribution in [0.2, 0.25) is 0 Å². The van der Waals surface area contributed by atoms with E-state index in [0.717, 1.165) is 0 Å². The Hall–Kier alpha value is -1.17. The minimum atomic E-state index is -0.507. The van der Waals surface area contributed by atoms with Crippen LogP contribution in [-0.4, -0.2) is 13.7 Å². The van der Waals surface area contributed by atoms with Crippen molar-refractivity contribution in [1.82, 2.24) is 13.7 Å². The molecule has 0 aliphatic carbocycles. The normalized spacial score (nSPS) is 11.8. The molecule has 0 N–H and O–H groups in total. The highest BCUT2D eigenvalue weighted by Gasteiger charge is 2.23. The summed E-state index contributed by atoms with van der Waals surface area (Å²) < 4.78 is 4.11. The van der Waals surface area contributed by atoms with Gasteiger partial charge < -0.3 is 0 Å². The van der Waals surface area contributed by atoms with Gasteiger partial charge in [0.1, 0.15) is 0 Å². The van der Waals surface area contributed by atoms with Crippen molar-refractivity contribution in [2.45, 2.75) is 32.7 Å². The summed E-state index contributed by atoms with van der Waals surface area (Å²) in [5.41, 5.74) is -1.23. The molecule has 5 nitrogen and oxygen atoms in total. The highest BCUT2D eigenvalue weighted by atomic mass is 32.1. The molecule has 0 aliphatic heterocycles. The average Bonchev–Trinajstić information content (AvgIpc) is 2.23. The van der Waals surface area contributed by atoms with E-state index in [-0.39, 0.29) is 16.2 Å². The molecule has 1 rings (SSSR count). The smallest absolute Gasteiger partial charge is 0.273 e. The molecule has 0 atom stereocenters. The molecular weight excluding hydrogens is 226 g/mol. The second-order valence-corrected chi connectivity index (χ2v) is 4.83. The van der Waals surface area contributed by atoms with Gasteiger partial charge in [-0.2, -0.15) is 0 Å². The summed E-state index contributed by atoms with van der Waals surface area (Å²) in [7, 11) is 3.15. The van der Waals surface area contributed by atoms with Crippen LogP contribution in [0.25, 0.3) is 0 Å². The summed E-state index contributed by atoms with van der Waals surface area (Å²) in [5, 5.41) is 0. The Morgan fingerprint density at radius 3 is 1.81 bits per heavy atom. The zero-order chi connectivity index (χ0) is 12.7. The average molecular weight is 243 g/mol. The van der Waals surface area contributed by atoms with Crippen LogP contribution >= 0.6 is 12.2 Å². The number of rotatable bonds is 2. The summed E-state index contributed by atoms with van der Waals surface area (Å²) in [6.45, 7) is 5.66. The maximum absolute atomic E-state index is 12.0. The van der Waals surface area contributed by atoms with E-state index >= 15 is 0 Å². The van der Waals surface area contributed by atoms with E-state index in [1.807, 2.05) is 20.8 Å². The van der Waals surface area contributed by atoms with Crippen LogP contribution in [-0.2, 0) is 19.6 Å². The van der Waals surface area contributed by atoms with Gasteiger partial charge in [-0.1, -0.05) is 6.92 Å². The molecule has 0 fully saturated rings. The first-order valence-electron chi connectivity index (χ1n) is 5.13. The molecule has 0 aromatic carbocycles. The van der Waals surface area contributed by atoms with Crippen LogP contribution in [0.15, 0.2) is 9.59 Å². The number of hydrogen-bond acceptors (Lipinski definition) is 3. The van der Waals surface area contributed by atoms with Gasteiger partial charge in [0.15, 0.2) is 4.77 Å². The van der Waals surface area contributed by atoms with Crippen molar-refractivity contribution >= 4 is 12.2 Å². The maximum atomic E-state index is 12.0. The lowest BCUT2D eigenvalue weighted by Gasteiger charge is -2.25. The van der Waals surface area contributed by atoms with E-state index in [4.69, 9.17) is 12.2 Å². The number of aromatic nitrogens is 3. The molecule has 0 spiro atoms. The van der Waals surface area contributed by atoms with Crippen molar-refractivity contribution in [3.05, 3.63) is 25.7 Å². The summed E-state index contributed by atoms with van der Waals surface area (Å²) in [6.07, 6.45) is 0.693. The van der Waals surface area contributed by atoms with Crippen molar-refractivity contribution in [3.8, 4) is 0 Å². The van der Waals surface area contributed by atoms with Gasteiger partial charge in [0.05, 0.1) is 0 Å².